The largest absolute Gasteiger partial charge is 0.351 e. The molecule has 6 nitrogen and oxygen atoms in total. The zero-order valence-electron chi connectivity index (χ0n) is 16.2. The van der Waals surface area contributed by atoms with Gasteiger partial charge in [0.05, 0.1) is 17.4 Å². The predicted octanol–water partition coefficient (Wildman–Crippen LogP) is 3.68. The Labute approximate surface area is 162 Å². The molecule has 2 N–H and O–H groups in total. The number of hydrogen-bond donors (Lipinski definition) is 2. The Balaban J connectivity index is 1.66. The zero-order chi connectivity index (χ0) is 19.8. The molecule has 0 atom stereocenters. The average Bonchev–Trinajstić information content (AvgIpc) is 3.10. The first-order valence-electron chi connectivity index (χ1n) is 9.33. The van der Waals surface area contributed by atoms with Crippen LogP contribution in [0.1, 0.15) is 34.4 Å². The Kier molecular flexibility index (Phi) is 4.47. The Morgan fingerprint density at radius 1 is 1.07 bits per heavy atom. The Hall–Kier alpha value is -3.41. The van der Waals surface area contributed by atoms with Gasteiger partial charge in [-0.05, 0) is 56.2 Å². The minimum Gasteiger partial charge on any atom is -0.351 e. The summed E-state index contributed by atoms with van der Waals surface area (Å²) in [5.41, 5.74) is 4.20. The quantitative estimate of drug-likeness (QED) is 0.572. The van der Waals surface area contributed by atoms with Crippen LogP contribution < -0.4 is 5.56 Å². The minimum atomic E-state index is -0.194. The lowest BCUT2D eigenvalue weighted by atomic mass is 10.1. The molecular formula is C22H22N4O2. The number of rotatable bonds is 4. The maximum atomic E-state index is 13.1. The van der Waals surface area contributed by atoms with Crippen LogP contribution in [0.15, 0.2) is 47.3 Å². The lowest BCUT2D eigenvalue weighted by Crippen LogP contribution is -2.32. The van der Waals surface area contributed by atoms with Crippen molar-refractivity contribution in [2.24, 2.45) is 0 Å². The molecule has 4 rings (SSSR count). The normalized spacial score (nSPS) is 11.2. The summed E-state index contributed by atoms with van der Waals surface area (Å²) in [5.74, 6) is 0.355. The smallest absolute Gasteiger partial charge is 0.270 e. The van der Waals surface area contributed by atoms with Crippen molar-refractivity contribution in [1.82, 2.24) is 19.9 Å². The van der Waals surface area contributed by atoms with Crippen LogP contribution in [0, 0.1) is 13.8 Å². The molecule has 1 amide bonds. The van der Waals surface area contributed by atoms with Gasteiger partial charge in [0, 0.05) is 17.4 Å². The third kappa shape index (κ3) is 3.17. The molecule has 0 saturated carbocycles. The molecule has 28 heavy (non-hydrogen) atoms. The van der Waals surface area contributed by atoms with E-state index in [4.69, 9.17) is 0 Å². The molecule has 0 aliphatic carbocycles. The predicted molar refractivity (Wildman–Crippen MR) is 111 cm³/mol. The number of amides is 1. The maximum Gasteiger partial charge on any atom is 0.270 e. The van der Waals surface area contributed by atoms with Gasteiger partial charge in [0.25, 0.3) is 11.5 Å². The van der Waals surface area contributed by atoms with Crippen LogP contribution in [0.3, 0.4) is 0 Å². The summed E-state index contributed by atoms with van der Waals surface area (Å²) in [6.45, 7) is 6.73. The van der Waals surface area contributed by atoms with Crippen molar-refractivity contribution in [3.8, 4) is 0 Å². The van der Waals surface area contributed by atoms with Gasteiger partial charge in [-0.3, -0.25) is 9.59 Å². The summed E-state index contributed by atoms with van der Waals surface area (Å²) in [6.07, 6.45) is 0. The number of H-pyrrole nitrogens is 2. The number of benzene rings is 2. The van der Waals surface area contributed by atoms with Crippen LogP contribution in [0.2, 0.25) is 0 Å². The molecule has 0 fully saturated rings. The van der Waals surface area contributed by atoms with E-state index < -0.39 is 0 Å². The van der Waals surface area contributed by atoms with Crippen LogP contribution in [-0.4, -0.2) is 32.3 Å². The number of nitrogens with one attached hydrogen (secondary N) is 2. The minimum absolute atomic E-state index is 0.119. The van der Waals surface area contributed by atoms with E-state index in [9.17, 15) is 9.59 Å². The summed E-state index contributed by atoms with van der Waals surface area (Å²) in [6, 6.07) is 13.2. The molecule has 4 aromatic rings. The van der Waals surface area contributed by atoms with Crippen molar-refractivity contribution >= 4 is 27.7 Å². The molecule has 0 aliphatic rings. The first kappa shape index (κ1) is 18.0. The van der Waals surface area contributed by atoms with E-state index in [0.717, 1.165) is 22.0 Å². The van der Waals surface area contributed by atoms with E-state index in [1.54, 1.807) is 23.1 Å². The van der Waals surface area contributed by atoms with Crippen LogP contribution in [0.5, 0.6) is 0 Å². The second-order valence-corrected chi connectivity index (χ2v) is 7.08. The molecule has 2 heterocycles. The van der Waals surface area contributed by atoms with E-state index >= 15 is 0 Å². The summed E-state index contributed by atoms with van der Waals surface area (Å²) < 4.78 is 0. The monoisotopic (exact) mass is 374 g/mol. The molecular weight excluding hydrogens is 352 g/mol. The van der Waals surface area contributed by atoms with Crippen LogP contribution in [0.25, 0.3) is 21.8 Å². The molecule has 0 aliphatic heterocycles. The molecule has 2 aromatic carbocycles. The number of para-hydroxylation sites is 1. The number of fused-ring (bicyclic) bond motifs is 2. The summed E-state index contributed by atoms with van der Waals surface area (Å²) >= 11 is 0. The average molecular weight is 374 g/mol. The highest BCUT2D eigenvalue weighted by Gasteiger charge is 2.19. The third-order valence-electron chi connectivity index (χ3n) is 4.99. The van der Waals surface area contributed by atoms with Crippen LogP contribution in [-0.2, 0) is 6.54 Å². The second kappa shape index (κ2) is 6.96. The molecule has 6 heteroatoms. The summed E-state index contributed by atoms with van der Waals surface area (Å²) in [7, 11) is 0. The van der Waals surface area contributed by atoms with Crippen molar-refractivity contribution in [2.75, 3.05) is 6.54 Å². The molecule has 0 unspecified atom stereocenters. The van der Waals surface area contributed by atoms with Crippen LogP contribution in [0.4, 0.5) is 0 Å². The molecule has 2 aromatic heterocycles. The first-order chi connectivity index (χ1) is 13.5. The number of carbonyl (C=O) groups excluding carboxylic acids is 1. The van der Waals surface area contributed by atoms with Gasteiger partial charge in [-0.1, -0.05) is 18.2 Å². The number of hydrogen-bond acceptors (Lipinski definition) is 3. The molecule has 0 saturated heterocycles. The van der Waals surface area contributed by atoms with Crippen molar-refractivity contribution in [1.29, 1.82) is 0 Å². The van der Waals surface area contributed by atoms with Gasteiger partial charge in [0.2, 0.25) is 0 Å². The zero-order valence-corrected chi connectivity index (χ0v) is 16.2. The fourth-order valence-electron chi connectivity index (χ4n) is 3.60. The number of carbonyl (C=O) groups is 1. The van der Waals surface area contributed by atoms with Crippen LogP contribution >= 0.6 is 0 Å². The van der Waals surface area contributed by atoms with Gasteiger partial charge < -0.3 is 14.9 Å². The van der Waals surface area contributed by atoms with E-state index in [2.05, 4.69) is 21.0 Å². The van der Waals surface area contributed by atoms with Crippen molar-refractivity contribution in [3.05, 3.63) is 75.5 Å². The number of aryl methyl sites for hydroxylation is 2. The fourth-order valence-corrected chi connectivity index (χ4v) is 3.60. The molecule has 142 valence electrons. The van der Waals surface area contributed by atoms with Crippen molar-refractivity contribution in [3.63, 3.8) is 0 Å². The summed E-state index contributed by atoms with van der Waals surface area (Å²) in [4.78, 5) is 37.6. The van der Waals surface area contributed by atoms with E-state index in [1.807, 2.05) is 39.0 Å². The number of aromatic nitrogens is 3. The Bertz CT molecular complexity index is 1250. The van der Waals surface area contributed by atoms with E-state index in [1.165, 1.54) is 0 Å². The lowest BCUT2D eigenvalue weighted by Gasteiger charge is -2.19. The van der Waals surface area contributed by atoms with Gasteiger partial charge >= 0.3 is 0 Å². The van der Waals surface area contributed by atoms with Gasteiger partial charge in [0.15, 0.2) is 0 Å². The fraction of sp³-hybridized carbons (Fsp3) is 0.227. The number of nitrogens with zero attached hydrogens (tertiary/aromatic N) is 2. The SMILES string of the molecule is CCN(Cc1nc2ccccc2c(=O)[nH]1)C(=O)c1cc2c(C)cc(C)cc2[nH]1. The summed E-state index contributed by atoms with van der Waals surface area (Å²) in [5, 5.41) is 1.59. The first-order valence-corrected chi connectivity index (χ1v) is 9.33. The molecule has 0 radical (unpaired) electrons. The van der Waals surface area contributed by atoms with E-state index in [-0.39, 0.29) is 18.0 Å². The van der Waals surface area contributed by atoms with Gasteiger partial charge in [-0.25, -0.2) is 4.98 Å². The Morgan fingerprint density at radius 3 is 2.64 bits per heavy atom. The highest BCUT2D eigenvalue weighted by atomic mass is 16.2. The van der Waals surface area contributed by atoms with Crippen molar-refractivity contribution in [2.45, 2.75) is 27.3 Å². The standard InChI is InChI=1S/C22H22N4O2/c1-4-26(12-20-24-17-8-6-5-7-15(17)21(27)25-20)22(28)19-11-16-14(3)9-13(2)10-18(16)23-19/h5-11,23H,4,12H2,1-3H3,(H,24,25,27). The third-order valence-corrected chi connectivity index (χ3v) is 4.99. The van der Waals surface area contributed by atoms with Gasteiger partial charge in [-0.15, -0.1) is 0 Å². The second-order valence-electron chi connectivity index (χ2n) is 7.08. The van der Waals surface area contributed by atoms with E-state index in [0.29, 0.717) is 29.0 Å². The van der Waals surface area contributed by atoms with Gasteiger partial charge in [-0.2, -0.15) is 0 Å². The highest BCUT2D eigenvalue weighted by Crippen LogP contribution is 2.22. The lowest BCUT2D eigenvalue weighted by molar-refractivity contribution is 0.0743. The maximum absolute atomic E-state index is 13.1. The number of aromatic amines is 2. The highest BCUT2D eigenvalue weighted by molar-refractivity contribution is 5.99. The van der Waals surface area contributed by atoms with Crippen molar-refractivity contribution < 1.29 is 4.79 Å². The topological polar surface area (TPSA) is 81.8 Å². The van der Waals surface area contributed by atoms with Gasteiger partial charge in [0.1, 0.15) is 11.5 Å². The molecule has 0 bridgehead atoms. The Morgan fingerprint density at radius 2 is 1.86 bits per heavy atom. The molecule has 0 spiro atoms.